The van der Waals surface area contributed by atoms with Gasteiger partial charge in [-0.2, -0.15) is 0 Å². The van der Waals surface area contributed by atoms with E-state index < -0.39 is 71.7 Å². The van der Waals surface area contributed by atoms with Crippen molar-refractivity contribution in [2.45, 2.75) is 180 Å². The zero-order chi connectivity index (χ0) is 48.7. The fourth-order valence-corrected chi connectivity index (χ4v) is 10.2. The Morgan fingerprint density at radius 1 is 0.894 bits per heavy atom. The maximum Gasteiger partial charge on any atom is 0.329 e. The second-order valence-electron chi connectivity index (χ2n) is 19.8. The number of carbonyl (C=O) groups excluding carboxylic acids is 5. The minimum atomic E-state index is -2.36. The Labute approximate surface area is 393 Å². The van der Waals surface area contributed by atoms with Crippen LogP contribution in [0.4, 0.5) is 0 Å². The van der Waals surface area contributed by atoms with Crippen molar-refractivity contribution in [3.8, 4) is 0 Å². The zero-order valence-corrected chi connectivity index (χ0v) is 41.2. The van der Waals surface area contributed by atoms with Crippen LogP contribution in [0.5, 0.6) is 0 Å². The highest BCUT2D eigenvalue weighted by Crippen LogP contribution is 2.38. The highest BCUT2D eigenvalue weighted by atomic mass is 16.6. The molecule has 0 aromatic heterocycles. The monoisotopic (exact) mass is 928 g/mol. The highest BCUT2D eigenvalue weighted by Gasteiger charge is 2.53. The minimum absolute atomic E-state index is 0.0466. The third kappa shape index (κ3) is 15.1. The number of methoxy groups -OCH3 is 2. The normalized spacial score (nSPS) is 38.8. The topological polar surface area (TPSA) is 195 Å². The molecule has 4 aliphatic rings. The summed E-state index contributed by atoms with van der Waals surface area (Å²) in [6.45, 7) is 13.0. The summed E-state index contributed by atoms with van der Waals surface area (Å²) in [5, 5.41) is 32.6. The van der Waals surface area contributed by atoms with Gasteiger partial charge in [0.15, 0.2) is 5.78 Å². The molecule has 2 saturated heterocycles. The summed E-state index contributed by atoms with van der Waals surface area (Å²) in [7, 11) is 3.02. The van der Waals surface area contributed by atoms with Crippen molar-refractivity contribution in [3.05, 3.63) is 47.6 Å². The molecule has 1 saturated carbocycles. The van der Waals surface area contributed by atoms with E-state index in [0.29, 0.717) is 69.8 Å². The van der Waals surface area contributed by atoms with E-state index in [4.69, 9.17) is 23.7 Å². The van der Waals surface area contributed by atoms with Gasteiger partial charge in [-0.1, -0.05) is 76.6 Å². The summed E-state index contributed by atoms with van der Waals surface area (Å²) in [4.78, 5) is 71.8. The largest absolute Gasteiger partial charge is 0.460 e. The summed E-state index contributed by atoms with van der Waals surface area (Å²) in [6.07, 6.45) is 13.9. The molecule has 0 aromatic rings. The number of hydrogen-bond acceptors (Lipinski definition) is 13. The summed E-state index contributed by atoms with van der Waals surface area (Å²) in [5.41, 5.74) is 1.46. The van der Waals surface area contributed by atoms with Crippen molar-refractivity contribution >= 4 is 29.2 Å². The molecule has 66 heavy (non-hydrogen) atoms. The van der Waals surface area contributed by atoms with Gasteiger partial charge in [0.1, 0.15) is 30.1 Å². The van der Waals surface area contributed by atoms with E-state index in [0.717, 1.165) is 12.0 Å². The standard InChI is InChI=1S/C52H81NO13/c1-32-15-11-10-12-16-33(2)27-36(5)46(56)48(63-9)47(57)37(6)28-34(3)42(55)31-44(35(4)29-39-20-23-43(64-26-25-54)45(30-39)62-8)65-51(60)41-17-13-14-24-53(41)50(59)49(58)52(61)38(7)19-22-40(66-52)21-18-32/h10-12,15-16,28,33-36,38-41,43-45,47-48,54,57,61H,13-14,17-27,29-31H2,1-9H3/b11-10+,16-12+,32-15+,37-28+/t33-,34-,35-,36-,38-,39+,40-,41+,43-,44+,45-,47-,48+,52-/m1/s1. The quantitative estimate of drug-likeness (QED) is 0.135. The number of aliphatic hydroxyl groups is 3. The lowest BCUT2D eigenvalue weighted by molar-refractivity contribution is -0.263. The number of piperidine rings is 1. The summed E-state index contributed by atoms with van der Waals surface area (Å²) >= 11 is 0. The number of ether oxygens (including phenoxy) is 5. The molecular weight excluding hydrogens is 847 g/mol. The molecule has 0 unspecified atom stereocenters. The van der Waals surface area contributed by atoms with Crippen LogP contribution in [0.25, 0.3) is 0 Å². The third-order valence-electron chi connectivity index (χ3n) is 14.5. The van der Waals surface area contributed by atoms with E-state index in [-0.39, 0.29) is 74.1 Å². The molecule has 2 bridgehead atoms. The van der Waals surface area contributed by atoms with E-state index in [1.807, 2.05) is 58.1 Å². The Hall–Kier alpha value is -3.37. The Morgan fingerprint density at radius 3 is 2.33 bits per heavy atom. The predicted octanol–water partition coefficient (Wildman–Crippen LogP) is 6.57. The number of rotatable bonds is 8. The summed E-state index contributed by atoms with van der Waals surface area (Å²) < 4.78 is 29.6. The molecule has 1 aliphatic carbocycles. The van der Waals surface area contributed by atoms with Gasteiger partial charge in [0.05, 0.1) is 31.5 Å². The molecule has 4 rings (SSSR count). The molecule has 0 spiro atoms. The first-order valence-electron chi connectivity index (χ1n) is 24.5. The molecule has 3 N–H and O–H groups in total. The van der Waals surface area contributed by atoms with Gasteiger partial charge in [-0.05, 0) is 114 Å². The van der Waals surface area contributed by atoms with Crippen molar-refractivity contribution in [1.82, 2.24) is 4.90 Å². The van der Waals surface area contributed by atoms with Crippen molar-refractivity contribution in [3.63, 3.8) is 0 Å². The molecule has 14 nitrogen and oxygen atoms in total. The molecule has 14 atom stereocenters. The number of nitrogens with zero attached hydrogens (tertiary/aromatic N) is 1. The van der Waals surface area contributed by atoms with Gasteiger partial charge in [0.25, 0.3) is 11.7 Å². The number of ketones is 3. The zero-order valence-electron chi connectivity index (χ0n) is 41.2. The second-order valence-corrected chi connectivity index (χ2v) is 19.8. The number of aliphatic hydroxyl groups excluding tert-OH is 2. The van der Waals surface area contributed by atoms with E-state index in [1.54, 1.807) is 34.0 Å². The van der Waals surface area contributed by atoms with Crippen LogP contribution in [0.1, 0.15) is 132 Å². The summed E-state index contributed by atoms with van der Waals surface area (Å²) in [5.74, 6) is -7.65. The lowest BCUT2D eigenvalue weighted by Gasteiger charge is -2.42. The number of Topliss-reactive ketones (excluding diaryl/α,β-unsaturated/α-hetero) is 3. The van der Waals surface area contributed by atoms with Crippen molar-refractivity contribution in [2.75, 3.05) is 34.0 Å². The van der Waals surface area contributed by atoms with Crippen LogP contribution in [-0.4, -0.2) is 132 Å². The number of cyclic esters (lactones) is 1. The third-order valence-corrected chi connectivity index (χ3v) is 14.5. The number of allylic oxidation sites excluding steroid dienone is 7. The van der Waals surface area contributed by atoms with Crippen molar-refractivity contribution in [2.24, 2.45) is 35.5 Å². The maximum absolute atomic E-state index is 14.4. The fourth-order valence-electron chi connectivity index (χ4n) is 10.2. The molecule has 3 heterocycles. The highest BCUT2D eigenvalue weighted by molar-refractivity contribution is 6.39. The minimum Gasteiger partial charge on any atom is -0.460 e. The maximum atomic E-state index is 14.4. The van der Waals surface area contributed by atoms with Crippen LogP contribution < -0.4 is 0 Å². The molecule has 372 valence electrons. The summed E-state index contributed by atoms with van der Waals surface area (Å²) in [6, 6.07) is -1.12. The van der Waals surface area contributed by atoms with Crippen molar-refractivity contribution < 1.29 is 63.0 Å². The van der Waals surface area contributed by atoms with Crippen LogP contribution in [-0.2, 0) is 47.7 Å². The number of fused-ring (bicyclic) bond motifs is 3. The van der Waals surface area contributed by atoms with E-state index in [9.17, 15) is 39.3 Å². The van der Waals surface area contributed by atoms with Gasteiger partial charge in [-0.15, -0.1) is 0 Å². The van der Waals surface area contributed by atoms with Gasteiger partial charge in [-0.3, -0.25) is 19.2 Å². The predicted molar refractivity (Wildman–Crippen MR) is 250 cm³/mol. The van der Waals surface area contributed by atoms with E-state index in [1.165, 1.54) is 12.0 Å². The van der Waals surface area contributed by atoms with Crippen LogP contribution in [0.2, 0.25) is 0 Å². The molecule has 3 aliphatic heterocycles. The Morgan fingerprint density at radius 2 is 1.64 bits per heavy atom. The average molecular weight is 928 g/mol. The average Bonchev–Trinajstić information content (AvgIpc) is 3.30. The fraction of sp³-hybridized carbons (Fsp3) is 0.750. The smallest absolute Gasteiger partial charge is 0.329 e. The molecular formula is C52H81NO13. The molecule has 0 radical (unpaired) electrons. The van der Waals surface area contributed by atoms with Crippen LogP contribution >= 0.6 is 0 Å². The lowest BCUT2D eigenvalue weighted by atomic mass is 9.78. The number of hydrogen-bond donors (Lipinski definition) is 3. The number of esters is 1. The van der Waals surface area contributed by atoms with Crippen LogP contribution in [0, 0.1) is 35.5 Å². The number of carbonyl (C=O) groups is 5. The van der Waals surface area contributed by atoms with Gasteiger partial charge >= 0.3 is 5.97 Å². The SMILES string of the molecule is CO[C@@H]1C[C@H](C[C@@H](C)[C@@H]2CC(=O)[C@H](C)/C=C(\C)[C@@H](O)[C@@H](OC)C(=O)[C@H](C)C[C@H](C)/C=C/C=C/C=C(\C)CC[C@@H]3CC[C@@H](C)[C@@](O)(O3)C(=O)C(=O)N3CCCC[C@H]3C(=O)O2)CC[C@H]1OCCO. The first-order valence-corrected chi connectivity index (χ1v) is 24.5. The van der Waals surface area contributed by atoms with Gasteiger partial charge < -0.3 is 43.9 Å². The van der Waals surface area contributed by atoms with E-state index in [2.05, 4.69) is 0 Å². The van der Waals surface area contributed by atoms with Gasteiger partial charge in [0, 0.05) is 44.9 Å². The molecule has 14 heteroatoms. The van der Waals surface area contributed by atoms with Gasteiger partial charge in [0.2, 0.25) is 5.79 Å². The molecule has 1 amide bonds. The Balaban J connectivity index is 1.67. The number of amides is 1. The lowest BCUT2D eigenvalue weighted by Crippen LogP contribution is -2.60. The Bertz CT molecular complexity index is 1760. The second kappa shape index (κ2) is 26.4. The molecule has 3 fully saturated rings. The Kier molecular flexibility index (Phi) is 22.1. The van der Waals surface area contributed by atoms with Crippen molar-refractivity contribution in [1.29, 1.82) is 0 Å². The first-order chi connectivity index (χ1) is 31.3. The first kappa shape index (κ1) is 55.2. The molecule has 0 aromatic carbocycles. The van der Waals surface area contributed by atoms with Crippen LogP contribution in [0.15, 0.2) is 47.6 Å². The van der Waals surface area contributed by atoms with E-state index >= 15 is 0 Å². The van der Waals surface area contributed by atoms with Crippen LogP contribution in [0.3, 0.4) is 0 Å². The van der Waals surface area contributed by atoms with Gasteiger partial charge in [-0.25, -0.2) is 4.79 Å².